The third-order valence-corrected chi connectivity index (χ3v) is 3.70. The fraction of sp³-hybridized carbons (Fsp3) is 0.105. The van der Waals surface area contributed by atoms with E-state index in [2.05, 4.69) is 5.32 Å². The summed E-state index contributed by atoms with van der Waals surface area (Å²) in [4.78, 5) is 12.1. The molecule has 2 N–H and O–H groups in total. The summed E-state index contributed by atoms with van der Waals surface area (Å²) < 4.78 is 10.4. The second-order valence-electron chi connectivity index (χ2n) is 5.36. The minimum absolute atomic E-state index is 0.0877. The molecule has 1 amide bonds. The van der Waals surface area contributed by atoms with Crippen molar-refractivity contribution in [1.29, 1.82) is 0 Å². The van der Waals surface area contributed by atoms with Gasteiger partial charge in [-0.15, -0.1) is 0 Å². The summed E-state index contributed by atoms with van der Waals surface area (Å²) in [5.41, 5.74) is 1.45. The Morgan fingerprint density at radius 1 is 1.04 bits per heavy atom. The number of hydrogen-bond acceptors (Lipinski definition) is 4. The lowest BCUT2D eigenvalue weighted by Crippen LogP contribution is -2.17. The second-order valence-corrected chi connectivity index (χ2v) is 5.36. The summed E-state index contributed by atoms with van der Waals surface area (Å²) in [6.07, 6.45) is -0.672. The Morgan fingerprint density at radius 2 is 1.75 bits per heavy atom. The van der Waals surface area contributed by atoms with Crippen LogP contribution in [0.3, 0.4) is 0 Å². The number of fused-ring (bicyclic) bond motifs is 1. The van der Waals surface area contributed by atoms with Crippen molar-refractivity contribution in [3.8, 4) is 17.2 Å². The third-order valence-electron chi connectivity index (χ3n) is 3.70. The smallest absolute Gasteiger partial charge is 0.417 e. The van der Waals surface area contributed by atoms with E-state index in [-0.39, 0.29) is 11.5 Å². The Morgan fingerprint density at radius 3 is 2.42 bits per heavy atom. The van der Waals surface area contributed by atoms with Crippen molar-refractivity contribution in [3.63, 3.8) is 0 Å². The lowest BCUT2D eigenvalue weighted by molar-refractivity contribution is 0.213. The topological polar surface area (TPSA) is 67.8 Å². The number of benzene rings is 3. The maximum Gasteiger partial charge on any atom is 0.417 e. The number of amides is 1. The van der Waals surface area contributed by atoms with Crippen molar-refractivity contribution >= 4 is 22.6 Å². The van der Waals surface area contributed by atoms with Gasteiger partial charge in [0, 0.05) is 5.69 Å². The van der Waals surface area contributed by atoms with Gasteiger partial charge in [-0.25, -0.2) is 4.79 Å². The van der Waals surface area contributed by atoms with E-state index < -0.39 is 6.09 Å². The molecule has 0 saturated carbocycles. The van der Waals surface area contributed by atoms with E-state index in [4.69, 9.17) is 9.47 Å². The highest BCUT2D eigenvalue weighted by Gasteiger charge is 2.12. The lowest BCUT2D eigenvalue weighted by atomic mass is 10.1. The SMILES string of the molecule is COc1ccc(NC(=O)Oc2cc3ccccc3cc2O)c(C)c1. The van der Waals surface area contributed by atoms with Crippen LogP contribution in [0.1, 0.15) is 5.56 Å². The molecule has 0 radical (unpaired) electrons. The zero-order chi connectivity index (χ0) is 17.1. The Kier molecular flexibility index (Phi) is 4.24. The Bertz CT molecular complexity index is 905. The normalized spacial score (nSPS) is 10.4. The summed E-state index contributed by atoms with van der Waals surface area (Å²) in [5.74, 6) is 0.728. The van der Waals surface area contributed by atoms with Crippen molar-refractivity contribution in [3.05, 3.63) is 60.2 Å². The highest BCUT2D eigenvalue weighted by molar-refractivity contribution is 5.90. The van der Waals surface area contributed by atoms with Crippen LogP contribution < -0.4 is 14.8 Å². The molecule has 5 heteroatoms. The quantitative estimate of drug-likeness (QED) is 0.746. The number of ether oxygens (including phenoxy) is 2. The first-order valence-electron chi connectivity index (χ1n) is 7.42. The van der Waals surface area contributed by atoms with Crippen LogP contribution >= 0.6 is 0 Å². The Hall–Kier alpha value is -3.21. The Balaban J connectivity index is 1.78. The van der Waals surface area contributed by atoms with Crippen molar-refractivity contribution in [2.75, 3.05) is 12.4 Å². The predicted molar refractivity (Wildman–Crippen MR) is 93.0 cm³/mol. The average molecular weight is 323 g/mol. The molecule has 5 nitrogen and oxygen atoms in total. The van der Waals surface area contributed by atoms with Crippen LogP contribution in [0, 0.1) is 6.92 Å². The number of hydrogen-bond donors (Lipinski definition) is 2. The van der Waals surface area contributed by atoms with Crippen LogP contribution in [0.4, 0.5) is 10.5 Å². The zero-order valence-electron chi connectivity index (χ0n) is 13.4. The summed E-state index contributed by atoms with van der Waals surface area (Å²) in [7, 11) is 1.58. The number of carbonyl (C=O) groups excluding carboxylic acids is 1. The molecule has 0 spiro atoms. The molecular formula is C19H17NO4. The van der Waals surface area contributed by atoms with Gasteiger partial charge in [-0.05, 0) is 53.6 Å². The van der Waals surface area contributed by atoms with Gasteiger partial charge in [-0.3, -0.25) is 5.32 Å². The monoisotopic (exact) mass is 323 g/mol. The molecule has 3 aromatic carbocycles. The molecule has 24 heavy (non-hydrogen) atoms. The predicted octanol–water partition coefficient (Wildman–Crippen LogP) is 4.47. The van der Waals surface area contributed by atoms with Gasteiger partial charge in [0.15, 0.2) is 11.5 Å². The second kappa shape index (κ2) is 6.50. The maximum atomic E-state index is 12.1. The fourth-order valence-electron chi connectivity index (χ4n) is 2.43. The molecule has 0 saturated heterocycles. The largest absolute Gasteiger partial charge is 0.504 e. The number of methoxy groups -OCH3 is 1. The number of phenolic OH excluding ortho intramolecular Hbond substituents is 1. The van der Waals surface area contributed by atoms with Crippen molar-refractivity contribution < 1.29 is 19.4 Å². The molecule has 122 valence electrons. The van der Waals surface area contributed by atoms with Crippen LogP contribution in [0.15, 0.2) is 54.6 Å². The molecule has 0 atom stereocenters. The average Bonchev–Trinajstić information content (AvgIpc) is 2.57. The number of aromatic hydroxyl groups is 1. The number of anilines is 1. The van der Waals surface area contributed by atoms with Gasteiger partial charge in [0.25, 0.3) is 0 Å². The van der Waals surface area contributed by atoms with Crippen LogP contribution in [0.2, 0.25) is 0 Å². The van der Waals surface area contributed by atoms with Crippen LogP contribution in [-0.4, -0.2) is 18.3 Å². The molecule has 0 aromatic heterocycles. The number of phenols is 1. The minimum atomic E-state index is -0.672. The van der Waals surface area contributed by atoms with E-state index >= 15 is 0 Å². The molecular weight excluding hydrogens is 306 g/mol. The molecule has 0 fully saturated rings. The summed E-state index contributed by atoms with van der Waals surface area (Å²) in [5, 5.41) is 14.4. The van der Waals surface area contributed by atoms with Gasteiger partial charge in [0.05, 0.1) is 7.11 Å². The van der Waals surface area contributed by atoms with Gasteiger partial charge >= 0.3 is 6.09 Å². The zero-order valence-corrected chi connectivity index (χ0v) is 13.4. The summed E-state index contributed by atoms with van der Waals surface area (Å²) in [6, 6.07) is 16.0. The van der Waals surface area contributed by atoms with Gasteiger partial charge in [-0.2, -0.15) is 0 Å². The number of carbonyl (C=O) groups is 1. The first kappa shape index (κ1) is 15.7. The van der Waals surface area contributed by atoms with Crippen LogP contribution in [0.25, 0.3) is 10.8 Å². The van der Waals surface area contributed by atoms with E-state index in [1.165, 1.54) is 0 Å². The first-order chi connectivity index (χ1) is 11.6. The fourth-order valence-corrected chi connectivity index (χ4v) is 2.43. The highest BCUT2D eigenvalue weighted by atomic mass is 16.6. The number of rotatable bonds is 3. The van der Waals surface area contributed by atoms with E-state index in [9.17, 15) is 9.90 Å². The molecule has 0 aliphatic heterocycles. The molecule has 0 unspecified atom stereocenters. The molecule has 0 aliphatic rings. The molecule has 3 rings (SSSR count). The van der Waals surface area contributed by atoms with E-state index in [0.29, 0.717) is 11.4 Å². The van der Waals surface area contributed by atoms with Crippen LogP contribution in [0.5, 0.6) is 17.2 Å². The maximum absolute atomic E-state index is 12.1. The number of nitrogens with one attached hydrogen (secondary N) is 1. The standard InChI is InChI=1S/C19H17NO4/c1-12-9-15(23-2)7-8-16(12)20-19(22)24-18-11-14-6-4-3-5-13(14)10-17(18)21/h3-11,21H,1-2H3,(H,20,22). The molecule has 0 heterocycles. The van der Waals surface area contributed by atoms with E-state index in [1.54, 1.807) is 31.4 Å². The van der Waals surface area contributed by atoms with Crippen molar-refractivity contribution in [2.45, 2.75) is 6.92 Å². The van der Waals surface area contributed by atoms with Crippen LogP contribution in [-0.2, 0) is 0 Å². The molecule has 0 aliphatic carbocycles. The minimum Gasteiger partial charge on any atom is -0.504 e. The van der Waals surface area contributed by atoms with E-state index in [1.807, 2.05) is 37.3 Å². The van der Waals surface area contributed by atoms with Gasteiger partial charge in [0.1, 0.15) is 5.75 Å². The molecule has 3 aromatic rings. The van der Waals surface area contributed by atoms with Gasteiger partial charge in [-0.1, -0.05) is 24.3 Å². The van der Waals surface area contributed by atoms with Crippen molar-refractivity contribution in [2.24, 2.45) is 0 Å². The van der Waals surface area contributed by atoms with Gasteiger partial charge < -0.3 is 14.6 Å². The highest BCUT2D eigenvalue weighted by Crippen LogP contribution is 2.31. The number of aryl methyl sites for hydroxylation is 1. The Labute approximate surface area is 139 Å². The summed E-state index contributed by atoms with van der Waals surface area (Å²) in [6.45, 7) is 1.85. The molecule has 0 bridgehead atoms. The van der Waals surface area contributed by atoms with Crippen molar-refractivity contribution in [1.82, 2.24) is 0 Å². The van der Waals surface area contributed by atoms with Gasteiger partial charge in [0.2, 0.25) is 0 Å². The third kappa shape index (κ3) is 3.25. The lowest BCUT2D eigenvalue weighted by Gasteiger charge is -2.11. The summed E-state index contributed by atoms with van der Waals surface area (Å²) >= 11 is 0. The first-order valence-corrected chi connectivity index (χ1v) is 7.42. The van der Waals surface area contributed by atoms with E-state index in [0.717, 1.165) is 16.3 Å².